The molecule has 0 aliphatic carbocycles. The number of carbonyl (C=O) groups is 1. The maximum absolute atomic E-state index is 12.1. The van der Waals surface area contributed by atoms with E-state index in [9.17, 15) is 4.79 Å². The van der Waals surface area contributed by atoms with Gasteiger partial charge in [0.15, 0.2) is 0 Å². The first-order valence-electron chi connectivity index (χ1n) is 6.91. The van der Waals surface area contributed by atoms with Crippen LogP contribution in [0.3, 0.4) is 0 Å². The van der Waals surface area contributed by atoms with Gasteiger partial charge in [-0.25, -0.2) is 0 Å². The van der Waals surface area contributed by atoms with E-state index in [1.807, 2.05) is 14.0 Å². The zero-order valence-electron chi connectivity index (χ0n) is 12.7. The van der Waals surface area contributed by atoms with Gasteiger partial charge in [0.1, 0.15) is 0 Å². The number of nitrogens with zero attached hydrogens (tertiary/aromatic N) is 1. The number of hydrogen-bond donors (Lipinski definition) is 1. The SMILES string of the molecule is Cc1ccc(C(C)C)cc1CN(C)C(=O)C(C)CN. The number of hydrogen-bond acceptors (Lipinski definition) is 2. The molecule has 1 aromatic rings. The summed E-state index contributed by atoms with van der Waals surface area (Å²) in [5, 5.41) is 0. The standard InChI is InChI=1S/C16H26N2O/c1-11(2)14-7-6-12(3)15(8-14)10-18(5)16(19)13(4)9-17/h6-8,11,13H,9-10,17H2,1-5H3. The maximum atomic E-state index is 12.1. The smallest absolute Gasteiger partial charge is 0.226 e. The molecule has 0 bridgehead atoms. The Labute approximate surface area is 116 Å². The third kappa shape index (κ3) is 4.06. The van der Waals surface area contributed by atoms with Gasteiger partial charge >= 0.3 is 0 Å². The van der Waals surface area contributed by atoms with Crippen molar-refractivity contribution in [1.29, 1.82) is 0 Å². The van der Waals surface area contributed by atoms with Gasteiger partial charge in [-0.15, -0.1) is 0 Å². The Morgan fingerprint density at radius 3 is 2.47 bits per heavy atom. The average Bonchev–Trinajstić information content (AvgIpc) is 2.38. The molecule has 0 saturated carbocycles. The van der Waals surface area contributed by atoms with Crippen molar-refractivity contribution >= 4 is 5.91 Å². The molecule has 0 aliphatic rings. The number of rotatable bonds is 5. The second kappa shape index (κ2) is 6.71. The quantitative estimate of drug-likeness (QED) is 0.886. The lowest BCUT2D eigenvalue weighted by atomic mass is 9.97. The molecule has 0 heterocycles. The van der Waals surface area contributed by atoms with Crippen LogP contribution in [0.1, 0.15) is 43.4 Å². The molecule has 3 heteroatoms. The fraction of sp³-hybridized carbons (Fsp3) is 0.562. The molecule has 106 valence electrons. The molecule has 19 heavy (non-hydrogen) atoms. The van der Waals surface area contributed by atoms with Gasteiger partial charge < -0.3 is 10.6 Å². The summed E-state index contributed by atoms with van der Waals surface area (Å²) >= 11 is 0. The van der Waals surface area contributed by atoms with Crippen molar-refractivity contribution in [2.75, 3.05) is 13.6 Å². The number of amides is 1. The number of aryl methyl sites for hydroxylation is 1. The fourth-order valence-corrected chi connectivity index (χ4v) is 2.03. The largest absolute Gasteiger partial charge is 0.341 e. The molecule has 1 aromatic carbocycles. The summed E-state index contributed by atoms with van der Waals surface area (Å²) < 4.78 is 0. The van der Waals surface area contributed by atoms with Gasteiger partial charge in [0, 0.05) is 26.1 Å². The highest BCUT2D eigenvalue weighted by atomic mass is 16.2. The summed E-state index contributed by atoms with van der Waals surface area (Å²) in [4.78, 5) is 13.8. The van der Waals surface area contributed by atoms with E-state index in [2.05, 4.69) is 39.0 Å². The van der Waals surface area contributed by atoms with Gasteiger partial charge in [-0.3, -0.25) is 4.79 Å². The molecule has 1 unspecified atom stereocenters. The molecule has 3 nitrogen and oxygen atoms in total. The minimum atomic E-state index is -0.112. The third-order valence-corrected chi connectivity index (χ3v) is 3.60. The first-order valence-corrected chi connectivity index (χ1v) is 6.91. The predicted molar refractivity (Wildman–Crippen MR) is 80.0 cm³/mol. The van der Waals surface area contributed by atoms with Gasteiger partial charge in [-0.1, -0.05) is 39.0 Å². The summed E-state index contributed by atoms with van der Waals surface area (Å²) in [5.41, 5.74) is 9.30. The lowest BCUT2D eigenvalue weighted by molar-refractivity contribution is -0.133. The molecule has 0 radical (unpaired) electrons. The van der Waals surface area contributed by atoms with Crippen molar-refractivity contribution in [2.45, 2.75) is 40.2 Å². The van der Waals surface area contributed by atoms with Crippen LogP contribution >= 0.6 is 0 Å². The first kappa shape index (κ1) is 15.7. The predicted octanol–water partition coefficient (Wildman–Crippen LogP) is 2.67. The van der Waals surface area contributed by atoms with Gasteiger partial charge in [-0.05, 0) is 29.5 Å². The molecule has 0 aliphatic heterocycles. The topological polar surface area (TPSA) is 46.3 Å². The fourth-order valence-electron chi connectivity index (χ4n) is 2.03. The van der Waals surface area contributed by atoms with Gasteiger partial charge in [-0.2, -0.15) is 0 Å². The molecule has 1 atom stereocenters. The van der Waals surface area contributed by atoms with Gasteiger partial charge in [0.2, 0.25) is 5.91 Å². The molecular formula is C16H26N2O. The van der Waals surface area contributed by atoms with E-state index in [4.69, 9.17) is 5.73 Å². The van der Waals surface area contributed by atoms with Crippen LogP contribution in [-0.4, -0.2) is 24.4 Å². The summed E-state index contributed by atoms with van der Waals surface area (Å²) in [6.07, 6.45) is 0. The maximum Gasteiger partial charge on any atom is 0.226 e. The van der Waals surface area contributed by atoms with Crippen molar-refractivity contribution in [2.24, 2.45) is 11.7 Å². The second-order valence-corrected chi connectivity index (χ2v) is 5.67. The highest BCUT2D eigenvalue weighted by Gasteiger charge is 2.16. The van der Waals surface area contributed by atoms with E-state index in [1.54, 1.807) is 4.90 Å². The molecule has 0 aromatic heterocycles. The normalized spacial score (nSPS) is 12.6. The van der Waals surface area contributed by atoms with E-state index < -0.39 is 0 Å². The van der Waals surface area contributed by atoms with Crippen molar-refractivity contribution in [3.63, 3.8) is 0 Å². The Morgan fingerprint density at radius 1 is 1.32 bits per heavy atom. The Kier molecular flexibility index (Phi) is 5.55. The summed E-state index contributed by atoms with van der Waals surface area (Å²) in [5.74, 6) is 0.499. The molecule has 0 saturated heterocycles. The molecule has 2 N–H and O–H groups in total. The van der Waals surface area contributed by atoms with Crippen LogP contribution in [0.25, 0.3) is 0 Å². The molecule has 1 rings (SSSR count). The van der Waals surface area contributed by atoms with E-state index in [1.165, 1.54) is 16.7 Å². The van der Waals surface area contributed by atoms with Gasteiger partial charge in [0.25, 0.3) is 0 Å². The Balaban J connectivity index is 2.87. The van der Waals surface area contributed by atoms with E-state index >= 15 is 0 Å². The Hall–Kier alpha value is -1.35. The van der Waals surface area contributed by atoms with Crippen LogP contribution < -0.4 is 5.73 Å². The van der Waals surface area contributed by atoms with Crippen molar-refractivity contribution in [3.05, 3.63) is 34.9 Å². The average molecular weight is 262 g/mol. The highest BCUT2D eigenvalue weighted by Crippen LogP contribution is 2.20. The summed E-state index contributed by atoms with van der Waals surface area (Å²) in [7, 11) is 1.84. The minimum absolute atomic E-state index is 0.108. The number of benzene rings is 1. The molecule has 0 fully saturated rings. The lowest BCUT2D eigenvalue weighted by Crippen LogP contribution is -2.34. The molecule has 0 spiro atoms. The van der Waals surface area contributed by atoms with Crippen LogP contribution in [0.5, 0.6) is 0 Å². The summed E-state index contributed by atoms with van der Waals surface area (Å²) in [6.45, 7) is 9.36. The minimum Gasteiger partial charge on any atom is -0.341 e. The zero-order valence-corrected chi connectivity index (χ0v) is 12.7. The Morgan fingerprint density at radius 2 is 1.95 bits per heavy atom. The lowest BCUT2D eigenvalue weighted by Gasteiger charge is -2.22. The monoisotopic (exact) mass is 262 g/mol. The van der Waals surface area contributed by atoms with Crippen LogP contribution in [0.15, 0.2) is 18.2 Å². The van der Waals surface area contributed by atoms with Crippen LogP contribution in [0, 0.1) is 12.8 Å². The van der Waals surface area contributed by atoms with Crippen molar-refractivity contribution < 1.29 is 4.79 Å². The van der Waals surface area contributed by atoms with Crippen LogP contribution in [-0.2, 0) is 11.3 Å². The van der Waals surface area contributed by atoms with Crippen molar-refractivity contribution in [3.8, 4) is 0 Å². The highest BCUT2D eigenvalue weighted by molar-refractivity contribution is 5.78. The number of nitrogens with two attached hydrogens (primary N) is 1. The van der Waals surface area contributed by atoms with Gasteiger partial charge in [0.05, 0.1) is 0 Å². The van der Waals surface area contributed by atoms with E-state index in [-0.39, 0.29) is 11.8 Å². The van der Waals surface area contributed by atoms with Crippen LogP contribution in [0.4, 0.5) is 0 Å². The first-order chi connectivity index (χ1) is 8.86. The summed E-state index contributed by atoms with van der Waals surface area (Å²) in [6, 6.07) is 6.50. The Bertz CT molecular complexity index is 440. The van der Waals surface area contributed by atoms with E-state index in [0.717, 1.165) is 0 Å². The number of carbonyl (C=O) groups excluding carboxylic acids is 1. The van der Waals surface area contributed by atoms with E-state index in [0.29, 0.717) is 19.0 Å². The molecular weight excluding hydrogens is 236 g/mol. The van der Waals surface area contributed by atoms with Crippen LogP contribution in [0.2, 0.25) is 0 Å². The third-order valence-electron chi connectivity index (χ3n) is 3.60. The van der Waals surface area contributed by atoms with Crippen molar-refractivity contribution in [1.82, 2.24) is 4.90 Å². The zero-order chi connectivity index (χ0) is 14.6. The second-order valence-electron chi connectivity index (χ2n) is 5.67. The molecule has 1 amide bonds.